The minimum absolute atomic E-state index is 1.24. The summed E-state index contributed by atoms with van der Waals surface area (Å²) in [6.07, 6.45) is 4.23. The third-order valence-electron chi connectivity index (χ3n) is 4.16. The number of benzene rings is 2. The van der Waals surface area contributed by atoms with Gasteiger partial charge in [0.2, 0.25) is 6.33 Å². The van der Waals surface area contributed by atoms with E-state index in [1.165, 1.54) is 33.1 Å². The maximum atomic E-state index is 2.21. The number of aryl methyl sites for hydroxylation is 2. The first-order valence-corrected chi connectivity index (χ1v) is 7.20. The van der Waals surface area contributed by atoms with Crippen molar-refractivity contribution in [2.75, 3.05) is 0 Å². The summed E-state index contributed by atoms with van der Waals surface area (Å²) in [6, 6.07) is 19.3. The molecule has 0 spiro atoms. The van der Waals surface area contributed by atoms with Crippen molar-refractivity contribution >= 4 is 16.3 Å². The molecule has 2 aromatic heterocycles. The van der Waals surface area contributed by atoms with Gasteiger partial charge in [-0.3, -0.25) is 0 Å². The minimum Gasteiger partial charge on any atom is -0.232 e. The van der Waals surface area contributed by atoms with Crippen LogP contribution in [0, 0.1) is 6.92 Å². The van der Waals surface area contributed by atoms with Crippen LogP contribution in [-0.4, -0.2) is 4.40 Å². The summed E-state index contributed by atoms with van der Waals surface area (Å²) in [6.45, 7) is 2.19. The zero-order valence-electron chi connectivity index (χ0n) is 12.2. The van der Waals surface area contributed by atoms with Gasteiger partial charge in [-0.25, -0.2) is 8.97 Å². The Morgan fingerprint density at radius 1 is 0.905 bits per heavy atom. The molecule has 21 heavy (non-hydrogen) atoms. The molecular formula is C19H17N2+. The largest absolute Gasteiger partial charge is 0.249 e. The second-order valence-electron chi connectivity index (χ2n) is 5.55. The third kappa shape index (κ3) is 1.76. The molecule has 0 amide bonds. The number of hydrogen-bond acceptors (Lipinski definition) is 0. The molecule has 0 atom stereocenters. The highest BCUT2D eigenvalue weighted by Gasteiger charge is 2.20. The third-order valence-corrected chi connectivity index (χ3v) is 4.16. The lowest BCUT2D eigenvalue weighted by molar-refractivity contribution is -0.659. The summed E-state index contributed by atoms with van der Waals surface area (Å²) in [5.74, 6) is 0. The van der Waals surface area contributed by atoms with E-state index in [1.54, 1.807) is 0 Å². The maximum Gasteiger partial charge on any atom is 0.249 e. The Bertz CT molecular complexity index is 964. The van der Waals surface area contributed by atoms with Crippen LogP contribution in [0.4, 0.5) is 0 Å². The maximum absolute atomic E-state index is 2.21. The number of imidazole rings is 1. The van der Waals surface area contributed by atoms with E-state index in [4.69, 9.17) is 0 Å². The lowest BCUT2D eigenvalue weighted by Crippen LogP contribution is -2.27. The average molecular weight is 273 g/mol. The van der Waals surface area contributed by atoms with Crippen molar-refractivity contribution < 1.29 is 4.57 Å². The zero-order valence-corrected chi connectivity index (χ0v) is 12.2. The zero-order chi connectivity index (χ0) is 14.4. The van der Waals surface area contributed by atoms with Gasteiger partial charge in [0.05, 0.1) is 13.2 Å². The molecule has 0 N–H and O–H groups in total. The average Bonchev–Trinajstić information content (AvgIpc) is 2.83. The van der Waals surface area contributed by atoms with Gasteiger partial charge in [0.25, 0.3) is 0 Å². The van der Waals surface area contributed by atoms with Crippen molar-refractivity contribution in [1.82, 2.24) is 4.40 Å². The highest BCUT2D eigenvalue weighted by atomic mass is 15.1. The summed E-state index contributed by atoms with van der Waals surface area (Å²) < 4.78 is 4.39. The van der Waals surface area contributed by atoms with E-state index in [0.29, 0.717) is 0 Å². The molecule has 0 aliphatic carbocycles. The first-order chi connectivity index (χ1) is 10.3. The fourth-order valence-corrected chi connectivity index (χ4v) is 3.18. The van der Waals surface area contributed by atoms with Gasteiger partial charge < -0.3 is 0 Å². The van der Waals surface area contributed by atoms with Crippen molar-refractivity contribution in [3.05, 3.63) is 72.7 Å². The number of fused-ring (bicyclic) bond motifs is 2. The lowest BCUT2D eigenvalue weighted by Gasteiger charge is -2.08. The summed E-state index contributed by atoms with van der Waals surface area (Å²) in [5, 5.41) is 2.60. The molecule has 0 radical (unpaired) electrons. The molecule has 0 bridgehead atoms. The first-order valence-electron chi connectivity index (χ1n) is 7.20. The summed E-state index contributed by atoms with van der Waals surface area (Å²) in [7, 11) is 2.11. The molecule has 0 saturated heterocycles. The van der Waals surface area contributed by atoms with E-state index in [1.807, 2.05) is 0 Å². The monoisotopic (exact) mass is 273 g/mol. The van der Waals surface area contributed by atoms with Gasteiger partial charge in [-0.2, -0.15) is 0 Å². The van der Waals surface area contributed by atoms with Crippen LogP contribution in [0.25, 0.3) is 27.5 Å². The second kappa shape index (κ2) is 4.45. The molecule has 102 valence electrons. The van der Waals surface area contributed by atoms with Crippen molar-refractivity contribution in [3.8, 4) is 11.3 Å². The molecule has 0 saturated carbocycles. The fraction of sp³-hybridized carbons (Fsp3) is 0.105. The van der Waals surface area contributed by atoms with E-state index >= 15 is 0 Å². The van der Waals surface area contributed by atoms with Crippen LogP contribution in [0.15, 0.2) is 67.1 Å². The predicted octanol–water partition coefficient (Wildman–Crippen LogP) is 3.89. The Labute approximate surface area is 123 Å². The van der Waals surface area contributed by atoms with Crippen LogP contribution in [0.5, 0.6) is 0 Å². The van der Waals surface area contributed by atoms with Gasteiger partial charge >= 0.3 is 0 Å². The van der Waals surface area contributed by atoms with Gasteiger partial charge in [-0.15, -0.1) is 0 Å². The molecule has 0 aliphatic heterocycles. The van der Waals surface area contributed by atoms with Crippen LogP contribution in [-0.2, 0) is 7.05 Å². The Balaban J connectivity index is 2.19. The van der Waals surface area contributed by atoms with Gasteiger partial charge in [-0.1, -0.05) is 42.5 Å². The lowest BCUT2D eigenvalue weighted by atomic mass is 9.96. The predicted molar refractivity (Wildman–Crippen MR) is 86.3 cm³/mol. The molecule has 2 heteroatoms. The van der Waals surface area contributed by atoms with Crippen LogP contribution < -0.4 is 4.57 Å². The fourth-order valence-electron chi connectivity index (χ4n) is 3.18. The SMILES string of the molecule is Cc1ccc2ccccc2c1-c1c2ccccn2c[n+]1C. The van der Waals surface area contributed by atoms with E-state index in [0.717, 1.165) is 0 Å². The van der Waals surface area contributed by atoms with Crippen LogP contribution in [0.3, 0.4) is 0 Å². The van der Waals surface area contributed by atoms with E-state index < -0.39 is 0 Å². The topological polar surface area (TPSA) is 8.29 Å². The summed E-state index contributed by atoms with van der Waals surface area (Å²) in [5.41, 5.74) is 5.13. The van der Waals surface area contributed by atoms with E-state index in [9.17, 15) is 0 Å². The van der Waals surface area contributed by atoms with Crippen LogP contribution in [0.2, 0.25) is 0 Å². The van der Waals surface area contributed by atoms with E-state index in [2.05, 4.69) is 90.1 Å². The standard InChI is InChI=1S/C19H17N2/c1-14-10-11-15-7-3-4-8-16(15)18(14)19-17-9-5-6-12-21(17)13-20(19)2/h3-13H,1-2H3/q+1. The van der Waals surface area contributed by atoms with Crippen molar-refractivity contribution in [1.29, 1.82) is 0 Å². The normalized spacial score (nSPS) is 11.3. The molecule has 0 unspecified atom stereocenters. The Kier molecular flexibility index (Phi) is 2.58. The summed E-state index contributed by atoms with van der Waals surface area (Å²) >= 11 is 0. The van der Waals surface area contributed by atoms with Gasteiger partial charge in [0.1, 0.15) is 0 Å². The Morgan fingerprint density at radius 3 is 2.62 bits per heavy atom. The quantitative estimate of drug-likeness (QED) is 0.465. The Hall–Kier alpha value is -2.61. The van der Waals surface area contributed by atoms with Crippen molar-refractivity contribution in [3.63, 3.8) is 0 Å². The van der Waals surface area contributed by atoms with Crippen LogP contribution in [0.1, 0.15) is 5.56 Å². The van der Waals surface area contributed by atoms with Crippen LogP contribution >= 0.6 is 0 Å². The number of rotatable bonds is 1. The smallest absolute Gasteiger partial charge is 0.232 e. The minimum atomic E-state index is 1.24. The van der Waals surface area contributed by atoms with Gasteiger partial charge in [-0.05, 0) is 35.4 Å². The molecule has 0 fully saturated rings. The van der Waals surface area contributed by atoms with Crippen molar-refractivity contribution in [2.24, 2.45) is 7.05 Å². The molecule has 0 aliphatic rings. The number of aromatic nitrogens is 2. The molecular weight excluding hydrogens is 256 g/mol. The number of pyridine rings is 1. The molecule has 4 aromatic rings. The first kappa shape index (κ1) is 12.2. The number of hydrogen-bond donors (Lipinski definition) is 0. The van der Waals surface area contributed by atoms with E-state index in [-0.39, 0.29) is 0 Å². The van der Waals surface area contributed by atoms with Gasteiger partial charge in [0, 0.05) is 5.56 Å². The Morgan fingerprint density at radius 2 is 1.71 bits per heavy atom. The highest BCUT2D eigenvalue weighted by Crippen LogP contribution is 2.32. The molecule has 2 aromatic carbocycles. The molecule has 4 rings (SSSR count). The molecule has 2 nitrogen and oxygen atoms in total. The summed E-state index contributed by atoms with van der Waals surface area (Å²) in [4.78, 5) is 0. The van der Waals surface area contributed by atoms with Gasteiger partial charge in [0.15, 0.2) is 11.2 Å². The molecule has 2 heterocycles. The second-order valence-corrected chi connectivity index (χ2v) is 5.55. The highest BCUT2D eigenvalue weighted by molar-refractivity contribution is 5.99. The van der Waals surface area contributed by atoms with Crippen molar-refractivity contribution in [2.45, 2.75) is 6.92 Å². The number of nitrogens with zero attached hydrogens (tertiary/aromatic N) is 2.